The molecule has 162 valence electrons. The number of benzene rings is 1. The largest absolute Gasteiger partial charge is 0.480 e. The molecule has 1 aliphatic rings. The van der Waals surface area contributed by atoms with E-state index in [1.165, 1.54) is 0 Å². The minimum atomic E-state index is -0.958. The fraction of sp³-hybridized carbons (Fsp3) is 0.348. The monoisotopic (exact) mass is 422 g/mol. The highest BCUT2D eigenvalue weighted by atomic mass is 16.4. The first kappa shape index (κ1) is 21.0. The SMILES string of the molecule is O=C(O)Cn1cc([C@H](C(=O)O)N2CCN(CCc3ccccn3)CC2)c2ccccc21. The molecule has 0 spiro atoms. The zero-order valence-electron chi connectivity index (χ0n) is 17.2. The Labute approximate surface area is 180 Å². The molecule has 1 aromatic carbocycles. The van der Waals surface area contributed by atoms with Gasteiger partial charge in [-0.15, -0.1) is 0 Å². The third kappa shape index (κ3) is 4.76. The second-order valence-corrected chi connectivity index (χ2v) is 7.81. The summed E-state index contributed by atoms with van der Waals surface area (Å²) in [5.41, 5.74) is 2.44. The molecule has 1 saturated heterocycles. The van der Waals surface area contributed by atoms with Crippen LogP contribution in [0, 0.1) is 0 Å². The van der Waals surface area contributed by atoms with Crippen molar-refractivity contribution in [3.63, 3.8) is 0 Å². The van der Waals surface area contributed by atoms with E-state index in [-0.39, 0.29) is 6.54 Å². The highest BCUT2D eigenvalue weighted by Crippen LogP contribution is 2.31. The highest BCUT2D eigenvalue weighted by Gasteiger charge is 2.32. The summed E-state index contributed by atoms with van der Waals surface area (Å²) in [7, 11) is 0. The summed E-state index contributed by atoms with van der Waals surface area (Å²) >= 11 is 0. The number of nitrogens with zero attached hydrogens (tertiary/aromatic N) is 4. The van der Waals surface area contributed by atoms with Gasteiger partial charge in [0.25, 0.3) is 0 Å². The van der Waals surface area contributed by atoms with Crippen molar-refractivity contribution in [1.29, 1.82) is 0 Å². The average Bonchev–Trinajstić information content (AvgIpc) is 3.11. The quantitative estimate of drug-likeness (QED) is 0.574. The molecule has 0 unspecified atom stereocenters. The Morgan fingerprint density at radius 3 is 2.42 bits per heavy atom. The Morgan fingerprint density at radius 1 is 1.00 bits per heavy atom. The molecule has 4 rings (SSSR count). The van der Waals surface area contributed by atoms with Crippen LogP contribution in [0.5, 0.6) is 0 Å². The maximum absolute atomic E-state index is 12.3. The second-order valence-electron chi connectivity index (χ2n) is 7.81. The third-order valence-electron chi connectivity index (χ3n) is 5.84. The molecule has 1 fully saturated rings. The van der Waals surface area contributed by atoms with E-state index in [0.29, 0.717) is 18.7 Å². The number of carboxylic acid groups (broad SMARTS) is 2. The van der Waals surface area contributed by atoms with Crippen LogP contribution in [-0.2, 0) is 22.6 Å². The van der Waals surface area contributed by atoms with Crippen LogP contribution >= 0.6 is 0 Å². The lowest BCUT2D eigenvalue weighted by Gasteiger charge is -2.37. The second kappa shape index (κ2) is 9.28. The smallest absolute Gasteiger partial charge is 0.325 e. The van der Waals surface area contributed by atoms with E-state index < -0.39 is 18.0 Å². The lowest BCUT2D eigenvalue weighted by molar-refractivity contribution is -0.144. The summed E-state index contributed by atoms with van der Waals surface area (Å²) in [4.78, 5) is 32.2. The number of para-hydroxylation sites is 1. The van der Waals surface area contributed by atoms with Crippen molar-refractivity contribution < 1.29 is 19.8 Å². The predicted octanol–water partition coefficient (Wildman–Crippen LogP) is 2.11. The third-order valence-corrected chi connectivity index (χ3v) is 5.84. The van der Waals surface area contributed by atoms with Gasteiger partial charge in [0.15, 0.2) is 0 Å². The molecule has 0 radical (unpaired) electrons. The van der Waals surface area contributed by atoms with Crippen LogP contribution in [0.4, 0.5) is 0 Å². The van der Waals surface area contributed by atoms with E-state index in [4.69, 9.17) is 0 Å². The topological polar surface area (TPSA) is 98.9 Å². The van der Waals surface area contributed by atoms with Gasteiger partial charge >= 0.3 is 11.9 Å². The van der Waals surface area contributed by atoms with Crippen molar-refractivity contribution in [3.8, 4) is 0 Å². The van der Waals surface area contributed by atoms with Gasteiger partial charge in [0, 0.05) is 73.7 Å². The molecular weight excluding hydrogens is 396 g/mol. The first-order valence-electron chi connectivity index (χ1n) is 10.4. The molecular formula is C23H26N4O4. The molecule has 0 aliphatic carbocycles. The van der Waals surface area contributed by atoms with Gasteiger partial charge in [-0.2, -0.15) is 0 Å². The first-order valence-corrected chi connectivity index (χ1v) is 10.4. The van der Waals surface area contributed by atoms with Gasteiger partial charge in [0.1, 0.15) is 12.6 Å². The number of carbonyl (C=O) groups is 2. The minimum absolute atomic E-state index is 0.200. The lowest BCUT2D eigenvalue weighted by Crippen LogP contribution is -2.49. The fourth-order valence-corrected chi connectivity index (χ4v) is 4.32. The Kier molecular flexibility index (Phi) is 6.29. The van der Waals surface area contributed by atoms with E-state index in [2.05, 4.69) is 9.88 Å². The molecule has 1 atom stereocenters. The van der Waals surface area contributed by atoms with Gasteiger partial charge in [-0.1, -0.05) is 24.3 Å². The maximum atomic E-state index is 12.3. The summed E-state index contributed by atoms with van der Waals surface area (Å²) in [6.07, 6.45) is 4.35. The zero-order valence-corrected chi connectivity index (χ0v) is 17.2. The van der Waals surface area contributed by atoms with Crippen molar-refractivity contribution in [1.82, 2.24) is 19.4 Å². The molecule has 3 aromatic rings. The lowest BCUT2D eigenvalue weighted by atomic mass is 10.0. The predicted molar refractivity (Wildman–Crippen MR) is 116 cm³/mol. The van der Waals surface area contributed by atoms with Gasteiger partial charge in [-0.25, -0.2) is 0 Å². The van der Waals surface area contributed by atoms with Crippen LogP contribution in [0.25, 0.3) is 10.9 Å². The van der Waals surface area contributed by atoms with E-state index >= 15 is 0 Å². The number of rotatable bonds is 8. The Hall–Kier alpha value is -3.23. The summed E-state index contributed by atoms with van der Waals surface area (Å²) < 4.78 is 1.62. The number of pyridine rings is 1. The van der Waals surface area contributed by atoms with E-state index in [9.17, 15) is 19.8 Å². The Morgan fingerprint density at radius 2 is 1.74 bits per heavy atom. The average molecular weight is 422 g/mol. The molecule has 3 heterocycles. The summed E-state index contributed by atoms with van der Waals surface area (Å²) in [6, 6.07) is 12.5. The van der Waals surface area contributed by atoms with Gasteiger partial charge in [0.05, 0.1) is 0 Å². The van der Waals surface area contributed by atoms with Gasteiger partial charge in [-0.05, 0) is 18.2 Å². The van der Waals surface area contributed by atoms with Crippen molar-refractivity contribution >= 4 is 22.8 Å². The van der Waals surface area contributed by atoms with Crippen LogP contribution in [0.3, 0.4) is 0 Å². The standard InChI is InChI=1S/C23H26N4O4/c28-21(29)16-27-15-19(18-6-1-2-7-20(18)27)22(23(30)31)26-13-11-25(12-14-26)10-8-17-5-3-4-9-24-17/h1-7,9,15,22H,8,10-14,16H2,(H,28,29)(H,30,31)/t22-/m1/s1. The molecule has 2 aromatic heterocycles. The van der Waals surface area contributed by atoms with E-state index in [1.54, 1.807) is 17.0 Å². The van der Waals surface area contributed by atoms with Gasteiger partial charge in [0.2, 0.25) is 0 Å². The summed E-state index contributed by atoms with van der Waals surface area (Å²) in [5.74, 6) is -1.87. The zero-order chi connectivity index (χ0) is 21.8. The maximum Gasteiger partial charge on any atom is 0.325 e. The van der Waals surface area contributed by atoms with Crippen LogP contribution in [0.15, 0.2) is 54.9 Å². The Balaban J connectivity index is 1.49. The van der Waals surface area contributed by atoms with Gasteiger partial charge in [-0.3, -0.25) is 19.5 Å². The fourth-order valence-electron chi connectivity index (χ4n) is 4.32. The molecule has 2 N–H and O–H groups in total. The van der Waals surface area contributed by atoms with Crippen molar-refractivity contribution in [2.75, 3.05) is 32.7 Å². The summed E-state index contributed by atoms with van der Waals surface area (Å²) in [6.45, 7) is 3.53. The van der Waals surface area contributed by atoms with Crippen LogP contribution < -0.4 is 0 Å². The minimum Gasteiger partial charge on any atom is -0.480 e. The molecule has 0 bridgehead atoms. The highest BCUT2D eigenvalue weighted by molar-refractivity contribution is 5.90. The number of aliphatic carboxylic acids is 2. The first-order chi connectivity index (χ1) is 15.0. The number of hydrogen-bond donors (Lipinski definition) is 2. The van der Waals surface area contributed by atoms with Crippen molar-refractivity contribution in [2.24, 2.45) is 0 Å². The van der Waals surface area contributed by atoms with E-state index in [1.807, 2.05) is 47.4 Å². The number of fused-ring (bicyclic) bond motifs is 1. The van der Waals surface area contributed by atoms with Crippen LogP contribution in [0.1, 0.15) is 17.3 Å². The van der Waals surface area contributed by atoms with Crippen LogP contribution in [-0.4, -0.2) is 74.2 Å². The Bertz CT molecular complexity index is 1060. The van der Waals surface area contributed by atoms with E-state index in [0.717, 1.165) is 42.7 Å². The molecule has 31 heavy (non-hydrogen) atoms. The number of aromatic nitrogens is 2. The van der Waals surface area contributed by atoms with Gasteiger partial charge < -0.3 is 19.7 Å². The van der Waals surface area contributed by atoms with Crippen LogP contribution in [0.2, 0.25) is 0 Å². The summed E-state index contributed by atoms with van der Waals surface area (Å²) in [5, 5.41) is 20.1. The van der Waals surface area contributed by atoms with Crippen molar-refractivity contribution in [2.45, 2.75) is 19.0 Å². The normalized spacial score (nSPS) is 16.4. The number of carboxylic acids is 2. The number of piperazine rings is 1. The molecule has 0 saturated carbocycles. The molecule has 0 amide bonds. The number of hydrogen-bond acceptors (Lipinski definition) is 5. The molecule has 8 heteroatoms. The molecule has 1 aliphatic heterocycles. The van der Waals surface area contributed by atoms with Crippen molar-refractivity contribution in [3.05, 3.63) is 66.1 Å². The molecule has 8 nitrogen and oxygen atoms in total.